The van der Waals surface area contributed by atoms with Crippen molar-refractivity contribution in [3.05, 3.63) is 12.4 Å². The highest BCUT2D eigenvalue weighted by atomic mass is 32.2. The average Bonchev–Trinajstić information content (AvgIpc) is 2.19. The monoisotopic (exact) mass is 198 g/mol. The Kier molecular flexibility index (Phi) is 4.56. The summed E-state index contributed by atoms with van der Waals surface area (Å²) in [6.45, 7) is 1.56. The van der Waals surface area contributed by atoms with Gasteiger partial charge in [0, 0.05) is 12.6 Å². The smallest absolute Gasteiger partial charge is 0.130 e. The molecule has 0 aliphatic carbocycles. The van der Waals surface area contributed by atoms with E-state index in [9.17, 15) is 0 Å². The van der Waals surface area contributed by atoms with E-state index in [1.807, 2.05) is 12.3 Å². The Hall–Kier alpha value is -0.810. The number of nitrogens with one attached hydrogen (secondary N) is 1. The van der Waals surface area contributed by atoms with Crippen molar-refractivity contribution in [2.24, 2.45) is 5.73 Å². The molecule has 3 N–H and O–H groups in total. The fourth-order valence-corrected chi connectivity index (χ4v) is 1.25. The van der Waals surface area contributed by atoms with Gasteiger partial charge in [-0.05, 0) is 19.2 Å². The summed E-state index contributed by atoms with van der Waals surface area (Å²) in [7, 11) is 0. The minimum atomic E-state index is 0.702. The molecule has 13 heavy (non-hydrogen) atoms. The average molecular weight is 198 g/mol. The topological polar surface area (TPSA) is 63.8 Å². The van der Waals surface area contributed by atoms with Crippen LogP contribution in [0.3, 0.4) is 0 Å². The first-order chi connectivity index (χ1) is 6.36. The SMILES string of the molecule is CSc1cc(NCCCN)ncn1. The van der Waals surface area contributed by atoms with Crippen LogP contribution in [0.2, 0.25) is 0 Å². The summed E-state index contributed by atoms with van der Waals surface area (Å²) in [5.41, 5.74) is 5.37. The van der Waals surface area contributed by atoms with Crippen LogP contribution in [-0.2, 0) is 0 Å². The van der Waals surface area contributed by atoms with Gasteiger partial charge in [-0.2, -0.15) is 0 Å². The van der Waals surface area contributed by atoms with Gasteiger partial charge < -0.3 is 11.1 Å². The molecule has 0 fully saturated rings. The predicted molar refractivity (Wildman–Crippen MR) is 56.0 cm³/mol. The second kappa shape index (κ2) is 5.77. The summed E-state index contributed by atoms with van der Waals surface area (Å²) in [4.78, 5) is 8.16. The fourth-order valence-electron chi connectivity index (χ4n) is 0.866. The summed E-state index contributed by atoms with van der Waals surface area (Å²) in [6, 6.07) is 1.93. The van der Waals surface area contributed by atoms with Crippen molar-refractivity contribution < 1.29 is 0 Å². The molecule has 0 aromatic carbocycles. The molecule has 1 aromatic rings. The van der Waals surface area contributed by atoms with Gasteiger partial charge in [0.25, 0.3) is 0 Å². The zero-order valence-corrected chi connectivity index (χ0v) is 8.47. The van der Waals surface area contributed by atoms with Gasteiger partial charge in [-0.25, -0.2) is 9.97 Å². The first-order valence-corrected chi connectivity index (χ1v) is 5.39. The summed E-state index contributed by atoms with van der Waals surface area (Å²) in [6.07, 6.45) is 4.52. The molecule has 0 amide bonds. The lowest BCUT2D eigenvalue weighted by Gasteiger charge is -2.04. The van der Waals surface area contributed by atoms with Crippen LogP contribution in [0.5, 0.6) is 0 Å². The van der Waals surface area contributed by atoms with E-state index >= 15 is 0 Å². The third-order valence-corrected chi connectivity index (χ3v) is 2.18. The van der Waals surface area contributed by atoms with E-state index < -0.39 is 0 Å². The Bertz CT molecular complexity index is 254. The molecule has 0 saturated carbocycles. The van der Waals surface area contributed by atoms with Gasteiger partial charge in [-0.3, -0.25) is 0 Å². The maximum Gasteiger partial charge on any atom is 0.130 e. The Morgan fingerprint density at radius 2 is 2.38 bits per heavy atom. The summed E-state index contributed by atoms with van der Waals surface area (Å²) < 4.78 is 0. The van der Waals surface area contributed by atoms with Gasteiger partial charge in [0.2, 0.25) is 0 Å². The maximum atomic E-state index is 5.37. The van der Waals surface area contributed by atoms with E-state index in [-0.39, 0.29) is 0 Å². The van der Waals surface area contributed by atoms with Crippen molar-refractivity contribution in [3.63, 3.8) is 0 Å². The number of rotatable bonds is 5. The van der Waals surface area contributed by atoms with Gasteiger partial charge in [0.1, 0.15) is 17.2 Å². The third kappa shape index (κ3) is 3.61. The van der Waals surface area contributed by atoms with E-state index in [1.165, 1.54) is 0 Å². The van der Waals surface area contributed by atoms with Gasteiger partial charge in [-0.1, -0.05) is 0 Å². The first kappa shape index (κ1) is 10.3. The van der Waals surface area contributed by atoms with Crippen LogP contribution < -0.4 is 11.1 Å². The van der Waals surface area contributed by atoms with Crippen LogP contribution in [-0.4, -0.2) is 29.3 Å². The largest absolute Gasteiger partial charge is 0.370 e. The van der Waals surface area contributed by atoms with E-state index in [0.29, 0.717) is 6.54 Å². The molecular formula is C8H14N4S. The Balaban J connectivity index is 2.46. The summed E-state index contributed by atoms with van der Waals surface area (Å²) in [5, 5.41) is 4.15. The molecule has 0 radical (unpaired) electrons. The number of anilines is 1. The van der Waals surface area contributed by atoms with Gasteiger partial charge in [-0.15, -0.1) is 11.8 Å². The third-order valence-electron chi connectivity index (χ3n) is 1.54. The van der Waals surface area contributed by atoms with Crippen molar-refractivity contribution in [3.8, 4) is 0 Å². The Morgan fingerprint density at radius 1 is 1.54 bits per heavy atom. The van der Waals surface area contributed by atoms with Gasteiger partial charge in [0.05, 0.1) is 0 Å². The van der Waals surface area contributed by atoms with Crippen LogP contribution in [0.25, 0.3) is 0 Å². The molecule has 0 spiro atoms. The van der Waals surface area contributed by atoms with Crippen LogP contribution in [0.1, 0.15) is 6.42 Å². The normalized spacial score (nSPS) is 10.0. The molecule has 0 aliphatic heterocycles. The lowest BCUT2D eigenvalue weighted by Crippen LogP contribution is -2.09. The van der Waals surface area contributed by atoms with Crippen molar-refractivity contribution in [2.75, 3.05) is 24.7 Å². The van der Waals surface area contributed by atoms with Crippen molar-refractivity contribution in [2.45, 2.75) is 11.4 Å². The molecule has 0 unspecified atom stereocenters. The lowest BCUT2D eigenvalue weighted by molar-refractivity contribution is 0.866. The summed E-state index contributed by atoms with van der Waals surface area (Å²) in [5.74, 6) is 0.868. The zero-order valence-electron chi connectivity index (χ0n) is 7.66. The van der Waals surface area contributed by atoms with E-state index in [1.54, 1.807) is 18.1 Å². The maximum absolute atomic E-state index is 5.37. The molecule has 1 rings (SSSR count). The number of nitrogens with zero attached hydrogens (tertiary/aromatic N) is 2. The zero-order chi connectivity index (χ0) is 9.52. The van der Waals surface area contributed by atoms with Crippen molar-refractivity contribution in [1.82, 2.24) is 9.97 Å². The second-order valence-corrected chi connectivity index (χ2v) is 3.34. The molecule has 72 valence electrons. The number of hydrogen-bond acceptors (Lipinski definition) is 5. The van der Waals surface area contributed by atoms with Crippen LogP contribution in [0.15, 0.2) is 17.4 Å². The molecule has 0 atom stereocenters. The van der Waals surface area contributed by atoms with Crippen molar-refractivity contribution in [1.29, 1.82) is 0 Å². The van der Waals surface area contributed by atoms with E-state index in [4.69, 9.17) is 5.73 Å². The Labute approximate surface area is 82.3 Å². The number of aromatic nitrogens is 2. The molecule has 1 aromatic heterocycles. The molecule has 1 heterocycles. The van der Waals surface area contributed by atoms with Gasteiger partial charge >= 0.3 is 0 Å². The summed E-state index contributed by atoms with van der Waals surface area (Å²) >= 11 is 1.61. The molecule has 5 heteroatoms. The Morgan fingerprint density at radius 3 is 3.08 bits per heavy atom. The predicted octanol–water partition coefficient (Wildman–Crippen LogP) is 0.959. The highest BCUT2D eigenvalue weighted by molar-refractivity contribution is 7.98. The van der Waals surface area contributed by atoms with Crippen LogP contribution in [0.4, 0.5) is 5.82 Å². The standard InChI is InChI=1S/C8H14N4S/c1-13-8-5-7(11-6-12-8)10-4-2-3-9/h5-6H,2-4,9H2,1H3,(H,10,11,12). The van der Waals surface area contributed by atoms with E-state index in [0.717, 1.165) is 23.8 Å². The number of hydrogen-bond donors (Lipinski definition) is 2. The van der Waals surface area contributed by atoms with Crippen LogP contribution >= 0.6 is 11.8 Å². The quantitative estimate of drug-likeness (QED) is 0.419. The van der Waals surface area contributed by atoms with Crippen molar-refractivity contribution >= 4 is 17.6 Å². The van der Waals surface area contributed by atoms with E-state index in [2.05, 4.69) is 15.3 Å². The lowest BCUT2D eigenvalue weighted by atomic mass is 10.4. The minimum absolute atomic E-state index is 0.702. The number of nitrogens with two attached hydrogens (primary N) is 1. The highest BCUT2D eigenvalue weighted by Crippen LogP contribution is 2.13. The minimum Gasteiger partial charge on any atom is -0.370 e. The molecular weight excluding hydrogens is 184 g/mol. The number of thioether (sulfide) groups is 1. The molecule has 0 saturated heterocycles. The molecule has 4 nitrogen and oxygen atoms in total. The first-order valence-electron chi connectivity index (χ1n) is 4.17. The molecule has 0 aliphatic rings. The second-order valence-electron chi connectivity index (χ2n) is 2.51. The fraction of sp³-hybridized carbons (Fsp3) is 0.500. The van der Waals surface area contributed by atoms with Crippen LogP contribution in [0, 0.1) is 0 Å². The van der Waals surface area contributed by atoms with Gasteiger partial charge in [0.15, 0.2) is 0 Å². The highest BCUT2D eigenvalue weighted by Gasteiger charge is 1.95. The molecule has 0 bridgehead atoms.